The third-order valence-corrected chi connectivity index (χ3v) is 8.27. The average Bonchev–Trinajstić information content (AvgIpc) is 3.51. The number of azo groups is 1. The van der Waals surface area contributed by atoms with Crippen molar-refractivity contribution in [2.45, 2.75) is 61.4 Å². The van der Waals surface area contributed by atoms with Crippen LogP contribution in [0.5, 0.6) is 0 Å². The van der Waals surface area contributed by atoms with Crippen LogP contribution in [0.25, 0.3) is 11.1 Å². The Balaban J connectivity index is 1.62. The summed E-state index contributed by atoms with van der Waals surface area (Å²) in [6, 6.07) is 11.8. The maximum Gasteiger partial charge on any atom is 0.239 e. The number of sulfonamides is 1. The lowest BCUT2D eigenvalue weighted by Gasteiger charge is -2.24. The molecular weight excluding hydrogens is 453 g/mol. The highest BCUT2D eigenvalue weighted by Gasteiger charge is 2.37. The summed E-state index contributed by atoms with van der Waals surface area (Å²) in [5, 5.41) is 17.1. The van der Waals surface area contributed by atoms with Crippen molar-refractivity contribution in [2.24, 2.45) is 20.4 Å². The number of nitrogens with two attached hydrogens (primary N) is 1. The molecule has 0 spiro atoms. The van der Waals surface area contributed by atoms with Gasteiger partial charge in [0.15, 0.2) is 12.5 Å². The first kappa shape index (κ1) is 23.3. The van der Waals surface area contributed by atoms with Gasteiger partial charge < -0.3 is 5.32 Å². The van der Waals surface area contributed by atoms with E-state index >= 15 is 4.39 Å². The number of hydrogen-bond acceptors (Lipinski definition) is 6. The van der Waals surface area contributed by atoms with E-state index in [9.17, 15) is 8.42 Å². The van der Waals surface area contributed by atoms with Gasteiger partial charge in [-0.3, -0.25) is 0 Å². The lowest BCUT2D eigenvalue weighted by atomic mass is 9.87. The molecule has 2 aliphatic heterocycles. The zero-order valence-electron chi connectivity index (χ0n) is 19.1. The monoisotopic (exact) mass is 483 g/mol. The van der Waals surface area contributed by atoms with Gasteiger partial charge in [-0.2, -0.15) is 5.11 Å². The highest BCUT2D eigenvalue weighted by atomic mass is 32.2. The molecule has 0 unspecified atom stereocenters. The molecule has 0 bridgehead atoms. The van der Waals surface area contributed by atoms with E-state index in [4.69, 9.17) is 5.14 Å². The van der Waals surface area contributed by atoms with E-state index in [1.165, 1.54) is 5.56 Å². The van der Waals surface area contributed by atoms with Crippen LogP contribution in [0.4, 0.5) is 4.39 Å². The molecule has 1 aliphatic carbocycles. The molecule has 2 heterocycles. The van der Waals surface area contributed by atoms with Crippen LogP contribution in [0.2, 0.25) is 0 Å². The maximum atomic E-state index is 15.4. The summed E-state index contributed by atoms with van der Waals surface area (Å²) in [5.74, 6) is 0.736. The van der Waals surface area contributed by atoms with E-state index in [1.54, 1.807) is 6.07 Å². The number of hydrogen-bond donors (Lipinski definition) is 2. The second-order valence-corrected chi connectivity index (χ2v) is 11.1. The molecule has 180 valence electrons. The van der Waals surface area contributed by atoms with Crippen LogP contribution < -0.4 is 10.5 Å². The van der Waals surface area contributed by atoms with Gasteiger partial charge in [0.2, 0.25) is 10.0 Å². The fourth-order valence-electron chi connectivity index (χ4n) is 5.53. The SMILES string of the molecule is NS(=O)(=O)c1c(CC2(F)CCCC2)ccc(-c2ccc(C3CCNCC3)cc2)c1C1=NCN=N1. The molecule has 1 saturated heterocycles. The molecule has 0 radical (unpaired) electrons. The topological polar surface area (TPSA) is 109 Å². The molecule has 7 nitrogen and oxygen atoms in total. The van der Waals surface area contributed by atoms with Gasteiger partial charge in [0.25, 0.3) is 0 Å². The number of rotatable bonds is 6. The number of aliphatic imine (C=N–C) groups is 1. The van der Waals surface area contributed by atoms with E-state index in [1.807, 2.05) is 18.2 Å². The Morgan fingerprint density at radius 2 is 1.76 bits per heavy atom. The summed E-state index contributed by atoms with van der Waals surface area (Å²) in [5.41, 5.74) is 2.04. The van der Waals surface area contributed by atoms with Crippen molar-refractivity contribution in [1.82, 2.24) is 5.32 Å². The van der Waals surface area contributed by atoms with Gasteiger partial charge in [-0.15, -0.1) is 5.11 Å². The lowest BCUT2D eigenvalue weighted by molar-refractivity contribution is 0.172. The molecule has 2 aromatic rings. The van der Waals surface area contributed by atoms with Gasteiger partial charge in [-0.25, -0.2) is 22.9 Å². The Kier molecular flexibility index (Phi) is 6.35. The summed E-state index contributed by atoms with van der Waals surface area (Å²) >= 11 is 0. The highest BCUT2D eigenvalue weighted by molar-refractivity contribution is 7.89. The van der Waals surface area contributed by atoms with Crippen molar-refractivity contribution in [3.63, 3.8) is 0 Å². The fraction of sp³-hybridized carbons (Fsp3) is 0.480. The van der Waals surface area contributed by atoms with E-state index in [-0.39, 0.29) is 23.8 Å². The van der Waals surface area contributed by atoms with Crippen LogP contribution in [-0.4, -0.2) is 39.7 Å². The minimum atomic E-state index is -4.18. The van der Waals surface area contributed by atoms with E-state index in [2.05, 4.69) is 32.7 Å². The molecule has 0 amide bonds. The molecule has 9 heteroatoms. The predicted octanol–water partition coefficient (Wildman–Crippen LogP) is 4.46. The number of nitrogens with zero attached hydrogens (tertiary/aromatic N) is 3. The van der Waals surface area contributed by atoms with Crippen LogP contribution in [-0.2, 0) is 16.4 Å². The zero-order chi connectivity index (χ0) is 23.8. The number of alkyl halides is 1. The number of piperidine rings is 1. The number of amidine groups is 1. The van der Waals surface area contributed by atoms with Crippen LogP contribution in [0.15, 0.2) is 56.5 Å². The molecule has 2 aromatic carbocycles. The van der Waals surface area contributed by atoms with Crippen molar-refractivity contribution >= 4 is 15.9 Å². The van der Waals surface area contributed by atoms with Crippen molar-refractivity contribution in [1.29, 1.82) is 0 Å². The second kappa shape index (κ2) is 9.28. The Bertz CT molecular complexity index is 1230. The minimum Gasteiger partial charge on any atom is -0.317 e. The standard InChI is InChI=1S/C25H30FN5O2S/c26-25(11-1-2-12-25)15-20-7-8-21(22(23(20)34(27,32)33)24-29-16-30-31-24)19-5-3-17(4-6-19)18-9-13-28-14-10-18/h3-8,18,28H,1-2,9-16H2,(H2,27,32,33). The number of halogens is 1. The van der Waals surface area contributed by atoms with Crippen LogP contribution in [0.3, 0.4) is 0 Å². The Hall–Kier alpha value is -2.49. The maximum absolute atomic E-state index is 15.4. The molecule has 3 N–H and O–H groups in total. The Labute approximate surface area is 199 Å². The zero-order valence-corrected chi connectivity index (χ0v) is 20.0. The van der Waals surface area contributed by atoms with Gasteiger partial charge in [-0.1, -0.05) is 49.2 Å². The van der Waals surface area contributed by atoms with E-state index in [0.29, 0.717) is 35.4 Å². The van der Waals surface area contributed by atoms with Crippen molar-refractivity contribution in [2.75, 3.05) is 19.8 Å². The molecule has 1 saturated carbocycles. The number of primary sulfonamides is 1. The minimum absolute atomic E-state index is 0.00508. The first-order valence-electron chi connectivity index (χ1n) is 12.0. The molecule has 3 aliphatic rings. The van der Waals surface area contributed by atoms with E-state index in [0.717, 1.165) is 44.3 Å². The molecule has 5 rings (SSSR count). The Morgan fingerprint density at radius 3 is 2.38 bits per heavy atom. The lowest BCUT2D eigenvalue weighted by Crippen LogP contribution is -2.26. The quantitative estimate of drug-likeness (QED) is 0.633. The predicted molar refractivity (Wildman–Crippen MR) is 130 cm³/mol. The van der Waals surface area contributed by atoms with Gasteiger partial charge in [0, 0.05) is 12.0 Å². The highest BCUT2D eigenvalue weighted by Crippen LogP contribution is 2.40. The molecule has 0 aromatic heterocycles. The third kappa shape index (κ3) is 4.69. The van der Waals surface area contributed by atoms with Crippen molar-refractivity contribution in [3.05, 3.63) is 53.1 Å². The third-order valence-electron chi connectivity index (χ3n) is 7.24. The summed E-state index contributed by atoms with van der Waals surface area (Å²) in [7, 11) is -4.18. The molecule has 0 atom stereocenters. The fourth-order valence-corrected chi connectivity index (χ4v) is 6.52. The first-order valence-corrected chi connectivity index (χ1v) is 13.5. The molecular formula is C25H30FN5O2S. The smallest absolute Gasteiger partial charge is 0.239 e. The normalized spacial score (nSPS) is 20.6. The summed E-state index contributed by atoms with van der Waals surface area (Å²) < 4.78 is 41.2. The van der Waals surface area contributed by atoms with Gasteiger partial charge in [-0.05, 0) is 66.9 Å². The van der Waals surface area contributed by atoms with Crippen molar-refractivity contribution in [3.8, 4) is 11.1 Å². The van der Waals surface area contributed by atoms with Crippen LogP contribution in [0.1, 0.15) is 61.1 Å². The van der Waals surface area contributed by atoms with Gasteiger partial charge >= 0.3 is 0 Å². The Morgan fingerprint density at radius 1 is 1.06 bits per heavy atom. The van der Waals surface area contributed by atoms with Crippen LogP contribution >= 0.6 is 0 Å². The second-order valence-electron chi connectivity index (χ2n) is 9.57. The number of benzene rings is 2. The summed E-state index contributed by atoms with van der Waals surface area (Å²) in [6.45, 7) is 2.15. The first-order chi connectivity index (χ1) is 16.3. The van der Waals surface area contributed by atoms with Crippen molar-refractivity contribution < 1.29 is 12.8 Å². The molecule has 2 fully saturated rings. The van der Waals surface area contributed by atoms with Crippen LogP contribution in [0, 0.1) is 0 Å². The largest absolute Gasteiger partial charge is 0.317 e. The van der Waals surface area contributed by atoms with Gasteiger partial charge in [0.05, 0.1) is 4.90 Å². The average molecular weight is 484 g/mol. The van der Waals surface area contributed by atoms with Gasteiger partial charge in [0.1, 0.15) is 5.67 Å². The molecule has 34 heavy (non-hydrogen) atoms. The summed E-state index contributed by atoms with van der Waals surface area (Å²) in [4.78, 5) is 4.22. The number of nitrogens with one attached hydrogen (secondary N) is 1. The summed E-state index contributed by atoms with van der Waals surface area (Å²) in [6.07, 6.45) is 4.64. The van der Waals surface area contributed by atoms with E-state index < -0.39 is 15.7 Å².